The van der Waals surface area contributed by atoms with Crippen molar-refractivity contribution in [3.63, 3.8) is 0 Å². The van der Waals surface area contributed by atoms with Crippen LogP contribution in [0, 0.1) is 11.6 Å². The number of fused-ring (bicyclic) bond motifs is 2. The molecule has 2 heterocycles. The Balaban J connectivity index is 1.77. The zero-order valence-electron chi connectivity index (χ0n) is 17.9. The van der Waals surface area contributed by atoms with Gasteiger partial charge < -0.3 is 21.1 Å². The van der Waals surface area contributed by atoms with Crippen LogP contribution in [-0.2, 0) is 18.4 Å². The Bertz CT molecular complexity index is 1280. The van der Waals surface area contributed by atoms with Crippen molar-refractivity contribution in [3.8, 4) is 16.9 Å². The topological polar surface area (TPSA) is 76.4 Å². The van der Waals surface area contributed by atoms with E-state index in [0.717, 1.165) is 5.56 Å². The summed E-state index contributed by atoms with van der Waals surface area (Å²) in [5.74, 6) is -1.98. The second-order valence-electron chi connectivity index (χ2n) is 8.38. The van der Waals surface area contributed by atoms with Gasteiger partial charge in [0.1, 0.15) is 11.6 Å². The molecule has 1 atom stereocenters. The van der Waals surface area contributed by atoms with Gasteiger partial charge in [0, 0.05) is 42.3 Å². The molecule has 0 radical (unpaired) electrons. The van der Waals surface area contributed by atoms with E-state index in [-0.39, 0.29) is 33.1 Å². The van der Waals surface area contributed by atoms with E-state index in [2.05, 4.69) is 10.6 Å². The lowest BCUT2D eigenvalue weighted by molar-refractivity contribution is 0.0940. The maximum atomic E-state index is 15.8. The highest BCUT2D eigenvalue weighted by atomic mass is 35.5. The molecule has 2 aliphatic rings. The van der Waals surface area contributed by atoms with Crippen molar-refractivity contribution in [1.82, 2.24) is 5.32 Å². The first-order valence-corrected chi connectivity index (χ1v) is 11.0. The van der Waals surface area contributed by atoms with Gasteiger partial charge in [0.15, 0.2) is 11.4 Å². The maximum absolute atomic E-state index is 15.8. The molecule has 2 aliphatic heterocycles. The molecule has 8 heteroatoms. The lowest BCUT2D eigenvalue weighted by atomic mass is 9.85. The van der Waals surface area contributed by atoms with E-state index in [1.54, 1.807) is 13.1 Å². The van der Waals surface area contributed by atoms with E-state index in [9.17, 15) is 4.79 Å². The molecular formula is C25H22ClF2N3O2. The monoisotopic (exact) mass is 469 g/mol. The molecule has 3 aromatic carbocycles. The molecule has 3 aromatic rings. The van der Waals surface area contributed by atoms with E-state index in [1.807, 2.05) is 30.3 Å². The van der Waals surface area contributed by atoms with Gasteiger partial charge in [0.05, 0.1) is 16.3 Å². The Morgan fingerprint density at radius 1 is 1.24 bits per heavy atom. The van der Waals surface area contributed by atoms with Crippen molar-refractivity contribution >= 4 is 23.2 Å². The molecule has 33 heavy (non-hydrogen) atoms. The number of hydrogen-bond donors (Lipinski definition) is 3. The molecule has 4 N–H and O–H groups in total. The Labute approximate surface area is 194 Å². The molecule has 5 rings (SSSR count). The van der Waals surface area contributed by atoms with Gasteiger partial charge in [-0.05, 0) is 30.7 Å². The van der Waals surface area contributed by atoms with Crippen LogP contribution in [0.15, 0.2) is 42.5 Å². The number of rotatable bonds is 5. The van der Waals surface area contributed by atoms with Crippen LogP contribution in [0.3, 0.4) is 0 Å². The molecular weight excluding hydrogens is 448 g/mol. The fourth-order valence-corrected chi connectivity index (χ4v) is 5.20. The summed E-state index contributed by atoms with van der Waals surface area (Å²) >= 11 is 6.44. The van der Waals surface area contributed by atoms with Crippen molar-refractivity contribution < 1.29 is 18.3 Å². The zero-order valence-corrected chi connectivity index (χ0v) is 18.7. The van der Waals surface area contributed by atoms with Crippen LogP contribution in [0.1, 0.15) is 27.0 Å². The molecule has 5 nitrogen and oxygen atoms in total. The number of likely N-dealkylation sites (N-methyl/N-ethyl adjacent to an activating group) is 1. The highest BCUT2D eigenvalue weighted by Gasteiger charge is 2.44. The van der Waals surface area contributed by atoms with Crippen molar-refractivity contribution in [3.05, 3.63) is 81.4 Å². The summed E-state index contributed by atoms with van der Waals surface area (Å²) in [6, 6.07) is 12.3. The smallest absolute Gasteiger partial charge is 0.249 e. The molecule has 170 valence electrons. The van der Waals surface area contributed by atoms with Crippen LogP contribution in [0.2, 0.25) is 5.02 Å². The minimum Gasteiger partial charge on any atom is -0.480 e. The van der Waals surface area contributed by atoms with E-state index in [1.165, 1.54) is 6.07 Å². The number of benzene rings is 3. The van der Waals surface area contributed by atoms with Crippen molar-refractivity contribution in [2.24, 2.45) is 5.73 Å². The Hall–Kier alpha value is -3.16. The SMILES string of the molecule is CNC[C@@]1(c2ccccc2)Cc2c(cc(F)c(Cl)c2-c2c(C(N)=O)cc3c(c2F)NCC3)O1. The van der Waals surface area contributed by atoms with Crippen LogP contribution < -0.4 is 21.1 Å². The first-order chi connectivity index (χ1) is 15.9. The number of primary amides is 1. The average Bonchev–Trinajstić information content (AvgIpc) is 3.41. The maximum Gasteiger partial charge on any atom is 0.249 e. The lowest BCUT2D eigenvalue weighted by Gasteiger charge is -2.29. The number of carbonyl (C=O) groups is 1. The number of nitrogens with one attached hydrogen (secondary N) is 2. The second kappa shape index (κ2) is 8.01. The van der Waals surface area contributed by atoms with E-state index >= 15 is 8.78 Å². The van der Waals surface area contributed by atoms with Crippen LogP contribution in [-0.4, -0.2) is 26.0 Å². The van der Waals surface area contributed by atoms with Gasteiger partial charge in [-0.1, -0.05) is 41.9 Å². The number of carbonyl (C=O) groups excluding carboxylic acids is 1. The third kappa shape index (κ3) is 3.34. The van der Waals surface area contributed by atoms with E-state index in [4.69, 9.17) is 22.1 Å². The molecule has 0 aliphatic carbocycles. The van der Waals surface area contributed by atoms with Gasteiger partial charge in [0.2, 0.25) is 5.91 Å². The second-order valence-corrected chi connectivity index (χ2v) is 8.76. The predicted octanol–water partition coefficient (Wildman–Crippen LogP) is 4.40. The molecule has 0 spiro atoms. The van der Waals surface area contributed by atoms with Gasteiger partial charge in [-0.15, -0.1) is 0 Å². The Morgan fingerprint density at radius 3 is 2.70 bits per heavy atom. The summed E-state index contributed by atoms with van der Waals surface area (Å²) in [6.45, 7) is 0.951. The van der Waals surface area contributed by atoms with E-state index in [0.29, 0.717) is 37.1 Å². The van der Waals surface area contributed by atoms with Crippen molar-refractivity contribution in [2.75, 3.05) is 25.5 Å². The fourth-order valence-electron chi connectivity index (χ4n) is 4.94. The summed E-state index contributed by atoms with van der Waals surface area (Å²) < 4.78 is 37.2. The minimum absolute atomic E-state index is 0.0320. The summed E-state index contributed by atoms with van der Waals surface area (Å²) in [5, 5.41) is 5.87. The molecule has 0 unspecified atom stereocenters. The largest absolute Gasteiger partial charge is 0.480 e. The normalized spacial score (nSPS) is 18.4. The summed E-state index contributed by atoms with van der Waals surface area (Å²) in [5.41, 5.74) is 7.09. The number of anilines is 1. The molecule has 0 aromatic heterocycles. The Morgan fingerprint density at radius 2 is 2.00 bits per heavy atom. The first kappa shape index (κ1) is 21.7. The van der Waals surface area contributed by atoms with Crippen molar-refractivity contribution in [1.29, 1.82) is 0 Å². The average molecular weight is 470 g/mol. The summed E-state index contributed by atoms with van der Waals surface area (Å²) in [6.07, 6.45) is 0.856. The fraction of sp³-hybridized carbons (Fsp3) is 0.240. The quantitative estimate of drug-likeness (QED) is 0.517. The zero-order chi connectivity index (χ0) is 23.3. The van der Waals surface area contributed by atoms with Crippen molar-refractivity contribution in [2.45, 2.75) is 18.4 Å². The number of hydrogen-bond acceptors (Lipinski definition) is 4. The van der Waals surface area contributed by atoms with Gasteiger partial charge in [-0.3, -0.25) is 4.79 Å². The predicted molar refractivity (Wildman–Crippen MR) is 124 cm³/mol. The first-order valence-electron chi connectivity index (χ1n) is 10.7. The number of ether oxygens (including phenoxy) is 1. The highest BCUT2D eigenvalue weighted by Crippen LogP contribution is 2.51. The molecule has 0 fully saturated rings. The lowest BCUT2D eigenvalue weighted by Crippen LogP contribution is -2.41. The standard InChI is InChI=1S/C25H22ClF2N3O2/c1-30-12-25(14-5-3-2-4-6-14)11-16-18(33-25)10-17(27)21(26)19(16)20-15(24(29)32)9-13-7-8-31-23(13)22(20)28/h2-6,9-10,30-31H,7-8,11-12H2,1H3,(H2,29,32)/t25-/m1/s1. The van der Waals surface area contributed by atoms with Gasteiger partial charge in [-0.2, -0.15) is 0 Å². The third-order valence-electron chi connectivity index (χ3n) is 6.38. The Kier molecular flexibility index (Phi) is 5.26. The molecule has 1 amide bonds. The number of nitrogens with two attached hydrogens (primary N) is 1. The highest BCUT2D eigenvalue weighted by molar-refractivity contribution is 6.34. The number of amides is 1. The van der Waals surface area contributed by atoms with Gasteiger partial charge in [0.25, 0.3) is 0 Å². The number of halogens is 3. The van der Waals surface area contributed by atoms with E-state index < -0.39 is 23.1 Å². The molecule has 0 bridgehead atoms. The third-order valence-corrected chi connectivity index (χ3v) is 6.75. The molecule has 0 saturated carbocycles. The van der Waals surface area contributed by atoms with Gasteiger partial charge in [-0.25, -0.2) is 8.78 Å². The van der Waals surface area contributed by atoms with Crippen LogP contribution in [0.5, 0.6) is 5.75 Å². The van der Waals surface area contributed by atoms with Gasteiger partial charge >= 0.3 is 0 Å². The van der Waals surface area contributed by atoms with Crippen LogP contribution >= 0.6 is 11.6 Å². The van der Waals surface area contributed by atoms with Crippen LogP contribution in [0.25, 0.3) is 11.1 Å². The summed E-state index contributed by atoms with van der Waals surface area (Å²) in [4.78, 5) is 12.4. The molecule has 0 saturated heterocycles. The summed E-state index contributed by atoms with van der Waals surface area (Å²) in [7, 11) is 1.79. The van der Waals surface area contributed by atoms with Crippen LogP contribution in [0.4, 0.5) is 14.5 Å². The minimum atomic E-state index is -0.859.